The van der Waals surface area contributed by atoms with E-state index in [0.717, 1.165) is 10.5 Å². The molecule has 0 bridgehead atoms. The van der Waals surface area contributed by atoms with Crippen molar-refractivity contribution in [3.8, 4) is 23.0 Å². The van der Waals surface area contributed by atoms with Crippen molar-refractivity contribution in [3.05, 3.63) is 81.3 Å². The van der Waals surface area contributed by atoms with Crippen LogP contribution in [0.3, 0.4) is 0 Å². The second-order valence-electron chi connectivity index (χ2n) is 10.6. The Kier molecular flexibility index (Phi) is 6.98. The summed E-state index contributed by atoms with van der Waals surface area (Å²) in [6.45, 7) is 7.56. The fourth-order valence-electron chi connectivity index (χ4n) is 4.78. The molecule has 1 aliphatic heterocycles. The van der Waals surface area contributed by atoms with Crippen LogP contribution in [0.2, 0.25) is 0 Å². The first-order chi connectivity index (χ1) is 19.4. The highest BCUT2D eigenvalue weighted by Crippen LogP contribution is 2.43. The third-order valence-corrected chi connectivity index (χ3v) is 6.86. The third-order valence-electron chi connectivity index (χ3n) is 6.86. The van der Waals surface area contributed by atoms with E-state index in [0.29, 0.717) is 16.9 Å². The average Bonchev–Trinajstić information content (AvgIpc) is 2.90. The molecule has 9 heteroatoms. The molecular weight excluding hydrogens is 529 g/mol. The van der Waals surface area contributed by atoms with Gasteiger partial charge >= 0.3 is 6.09 Å². The van der Waals surface area contributed by atoms with Gasteiger partial charge in [0.15, 0.2) is 11.5 Å². The Morgan fingerprint density at radius 2 is 1.88 bits per heavy atom. The van der Waals surface area contributed by atoms with Crippen LogP contribution < -0.4 is 24.5 Å². The molecular formula is C32H30FNO7. The zero-order valence-electron chi connectivity index (χ0n) is 23.6. The molecule has 1 aliphatic rings. The van der Waals surface area contributed by atoms with Crippen LogP contribution in [-0.4, -0.2) is 31.0 Å². The highest BCUT2D eigenvalue weighted by atomic mass is 19.1. The molecule has 0 spiro atoms. The van der Waals surface area contributed by atoms with E-state index in [1.165, 1.54) is 38.4 Å². The van der Waals surface area contributed by atoms with Gasteiger partial charge in [0.2, 0.25) is 5.43 Å². The molecule has 0 radical (unpaired) electrons. The van der Waals surface area contributed by atoms with Gasteiger partial charge in [-0.25, -0.2) is 9.18 Å². The van der Waals surface area contributed by atoms with E-state index in [4.69, 9.17) is 18.6 Å². The zero-order chi connectivity index (χ0) is 29.6. The molecule has 0 atom stereocenters. The summed E-state index contributed by atoms with van der Waals surface area (Å²) in [7, 11) is 2.85. The molecule has 41 heavy (non-hydrogen) atoms. The fourth-order valence-corrected chi connectivity index (χ4v) is 4.78. The SMILES string of the molecule is COc1c(OC(=O)N(C)c2cccc(F)c2)cc2oc3cc4c(c(O)c3c(=O)c2c1CC=C(C)C)C=CC(C)(C)O4. The number of allylic oxidation sites excluding steroid dienone is 2. The minimum Gasteiger partial charge on any atom is -0.506 e. The monoisotopic (exact) mass is 559 g/mol. The van der Waals surface area contributed by atoms with Crippen molar-refractivity contribution in [2.75, 3.05) is 19.1 Å². The van der Waals surface area contributed by atoms with Crippen LogP contribution in [0, 0.1) is 5.82 Å². The summed E-state index contributed by atoms with van der Waals surface area (Å²) < 4.78 is 37.3. The maximum Gasteiger partial charge on any atom is 0.419 e. The number of amides is 1. The number of nitrogens with zero attached hydrogens (tertiary/aromatic N) is 1. The minimum absolute atomic E-state index is 0.000270. The first-order valence-corrected chi connectivity index (χ1v) is 13.0. The van der Waals surface area contributed by atoms with Crippen LogP contribution in [0.25, 0.3) is 28.0 Å². The second-order valence-corrected chi connectivity index (χ2v) is 10.6. The Bertz CT molecular complexity index is 1830. The van der Waals surface area contributed by atoms with Crippen LogP contribution in [-0.2, 0) is 6.42 Å². The van der Waals surface area contributed by atoms with Gasteiger partial charge in [-0.05, 0) is 64.5 Å². The lowest BCUT2D eigenvalue weighted by atomic mass is 9.97. The molecule has 0 unspecified atom stereocenters. The minimum atomic E-state index is -0.807. The number of methoxy groups -OCH3 is 1. The summed E-state index contributed by atoms with van der Waals surface area (Å²) in [5, 5.41) is 11.3. The molecule has 0 fully saturated rings. The molecule has 1 N–H and O–H groups in total. The third kappa shape index (κ3) is 5.11. The topological polar surface area (TPSA) is 98.4 Å². The molecule has 8 nitrogen and oxygen atoms in total. The lowest BCUT2D eigenvalue weighted by Crippen LogP contribution is -2.29. The average molecular weight is 560 g/mol. The number of anilines is 1. The van der Waals surface area contributed by atoms with Crippen molar-refractivity contribution in [3.63, 3.8) is 0 Å². The van der Waals surface area contributed by atoms with Crippen LogP contribution in [0.4, 0.5) is 14.9 Å². The molecule has 212 valence electrons. The number of benzene rings is 3. The molecule has 3 aromatic carbocycles. The molecule has 1 aromatic heterocycles. The van der Waals surface area contributed by atoms with Crippen molar-refractivity contribution in [2.24, 2.45) is 0 Å². The Morgan fingerprint density at radius 3 is 2.56 bits per heavy atom. The number of ether oxygens (including phenoxy) is 3. The quantitative estimate of drug-likeness (QED) is 0.205. The van der Waals surface area contributed by atoms with E-state index in [9.17, 15) is 19.1 Å². The Hall–Kier alpha value is -4.79. The van der Waals surface area contributed by atoms with Crippen molar-refractivity contribution in [1.82, 2.24) is 0 Å². The van der Waals surface area contributed by atoms with Crippen molar-refractivity contribution < 1.29 is 32.9 Å². The zero-order valence-corrected chi connectivity index (χ0v) is 23.6. The Labute approximate surface area is 235 Å². The molecule has 5 rings (SSSR count). The summed E-state index contributed by atoms with van der Waals surface area (Å²) >= 11 is 0. The number of phenolic OH excluding ortho intramolecular Hbond substituents is 1. The van der Waals surface area contributed by atoms with Crippen molar-refractivity contribution in [1.29, 1.82) is 0 Å². The number of phenols is 1. The standard InChI is InChI=1S/C32H30FNO7/c1-17(2)10-11-21-26-23(16-25(30(21)38-6)40-31(37)34(5)19-9-7-8-18(33)14-19)39-24-15-22-20(12-13-32(3,4)41-22)28(35)27(24)29(26)36/h7-10,12-16,35H,11H2,1-6H3. The maximum atomic E-state index is 14.0. The second kappa shape index (κ2) is 10.3. The highest BCUT2D eigenvalue weighted by molar-refractivity contribution is 6.00. The Morgan fingerprint density at radius 1 is 1.15 bits per heavy atom. The van der Waals surface area contributed by atoms with Gasteiger partial charge in [-0.2, -0.15) is 0 Å². The van der Waals surface area contributed by atoms with Crippen LogP contribution in [0.15, 0.2) is 63.3 Å². The predicted octanol–water partition coefficient (Wildman–Crippen LogP) is 7.13. The van der Waals surface area contributed by atoms with Gasteiger partial charge in [-0.1, -0.05) is 17.7 Å². The van der Waals surface area contributed by atoms with E-state index in [2.05, 4.69) is 0 Å². The van der Waals surface area contributed by atoms with Gasteiger partial charge in [-0.3, -0.25) is 9.69 Å². The molecule has 2 heterocycles. The van der Waals surface area contributed by atoms with Crippen LogP contribution in [0.1, 0.15) is 38.8 Å². The molecule has 0 saturated carbocycles. The van der Waals surface area contributed by atoms with Gasteiger partial charge in [0.25, 0.3) is 0 Å². The summed E-state index contributed by atoms with van der Waals surface area (Å²) in [5.41, 5.74) is 1.22. The molecule has 1 amide bonds. The number of fused-ring (bicyclic) bond motifs is 3. The number of aromatic hydroxyl groups is 1. The van der Waals surface area contributed by atoms with E-state index < -0.39 is 22.9 Å². The van der Waals surface area contributed by atoms with Gasteiger partial charge in [0.05, 0.1) is 18.1 Å². The lowest BCUT2D eigenvalue weighted by molar-refractivity contribution is 0.158. The van der Waals surface area contributed by atoms with Gasteiger partial charge in [0.1, 0.15) is 39.5 Å². The fraction of sp³-hybridized carbons (Fsp3) is 0.250. The van der Waals surface area contributed by atoms with Crippen LogP contribution >= 0.6 is 0 Å². The predicted molar refractivity (Wildman–Crippen MR) is 156 cm³/mol. The normalized spacial score (nSPS) is 13.4. The maximum absolute atomic E-state index is 14.0. The largest absolute Gasteiger partial charge is 0.506 e. The van der Waals surface area contributed by atoms with Crippen molar-refractivity contribution in [2.45, 2.75) is 39.7 Å². The molecule has 4 aromatic rings. The molecule has 0 aliphatic carbocycles. The Balaban J connectivity index is 1.73. The van der Waals surface area contributed by atoms with Crippen molar-refractivity contribution >= 4 is 39.8 Å². The van der Waals surface area contributed by atoms with Gasteiger partial charge in [0, 0.05) is 30.4 Å². The van der Waals surface area contributed by atoms with Gasteiger partial charge < -0.3 is 23.7 Å². The van der Waals surface area contributed by atoms with Gasteiger partial charge in [-0.15, -0.1) is 0 Å². The van der Waals surface area contributed by atoms with E-state index in [-0.39, 0.29) is 51.3 Å². The number of halogens is 1. The number of hydrogen-bond donors (Lipinski definition) is 1. The van der Waals surface area contributed by atoms with E-state index in [1.54, 1.807) is 24.3 Å². The first-order valence-electron chi connectivity index (χ1n) is 13.0. The highest BCUT2D eigenvalue weighted by Gasteiger charge is 2.29. The number of carbonyl (C=O) groups excluding carboxylic acids is 1. The molecule has 0 saturated heterocycles. The lowest BCUT2D eigenvalue weighted by Gasteiger charge is -2.28. The summed E-state index contributed by atoms with van der Waals surface area (Å²) in [6.07, 6.45) is 4.87. The number of carbonyl (C=O) groups is 1. The summed E-state index contributed by atoms with van der Waals surface area (Å²) in [5.74, 6) is -0.220. The summed E-state index contributed by atoms with van der Waals surface area (Å²) in [4.78, 5) is 28.3. The van der Waals surface area contributed by atoms with E-state index >= 15 is 0 Å². The van der Waals surface area contributed by atoms with Crippen LogP contribution in [0.5, 0.6) is 23.0 Å². The smallest absolute Gasteiger partial charge is 0.419 e. The number of rotatable bonds is 5. The summed E-state index contributed by atoms with van der Waals surface area (Å²) in [6, 6.07) is 8.50. The number of hydrogen-bond acceptors (Lipinski definition) is 7. The van der Waals surface area contributed by atoms with E-state index in [1.807, 2.05) is 33.8 Å². The first kappa shape index (κ1) is 27.8.